The van der Waals surface area contributed by atoms with Gasteiger partial charge in [0, 0.05) is 13.1 Å². The monoisotopic (exact) mass is 277 g/mol. The lowest BCUT2D eigenvalue weighted by molar-refractivity contribution is -0.133. The molecule has 2 N–H and O–H groups in total. The Bertz CT molecular complexity index is 514. The molecule has 2 atom stereocenters. The molecule has 1 heterocycles. The number of hydrogen-bond acceptors (Lipinski definition) is 3. The molecule has 0 saturated carbocycles. The lowest BCUT2D eigenvalue weighted by Gasteiger charge is -2.34. The van der Waals surface area contributed by atoms with E-state index in [1.807, 2.05) is 6.92 Å². The minimum Gasteiger partial charge on any atom is -0.478 e. The van der Waals surface area contributed by atoms with E-state index in [1.165, 1.54) is 6.07 Å². The number of likely N-dealkylation sites (tertiary alicyclic amines) is 1. The quantitative estimate of drug-likeness (QED) is 0.869. The predicted molar refractivity (Wildman–Crippen MR) is 73.5 cm³/mol. The van der Waals surface area contributed by atoms with Gasteiger partial charge >= 0.3 is 5.97 Å². The molecule has 1 fully saturated rings. The molecule has 5 heteroatoms. The van der Waals surface area contributed by atoms with Crippen LogP contribution in [0.25, 0.3) is 0 Å². The van der Waals surface area contributed by atoms with E-state index >= 15 is 0 Å². The number of carbonyl (C=O) groups is 2. The molecule has 2 unspecified atom stereocenters. The molecule has 0 bridgehead atoms. The van der Waals surface area contributed by atoms with Crippen LogP contribution in [0.1, 0.15) is 29.3 Å². The molecule has 1 aromatic carbocycles. The number of benzene rings is 1. The fourth-order valence-electron chi connectivity index (χ4n) is 2.52. The number of aromatic carboxylic acids is 1. The van der Waals surface area contributed by atoms with Gasteiger partial charge in [0.15, 0.2) is 0 Å². The van der Waals surface area contributed by atoms with Crippen molar-refractivity contribution < 1.29 is 19.8 Å². The smallest absolute Gasteiger partial charge is 0.335 e. The lowest BCUT2D eigenvalue weighted by atomic mass is 9.96. The number of carboxylic acids is 1. The van der Waals surface area contributed by atoms with Crippen molar-refractivity contribution in [3.63, 3.8) is 0 Å². The summed E-state index contributed by atoms with van der Waals surface area (Å²) < 4.78 is 0. The summed E-state index contributed by atoms with van der Waals surface area (Å²) in [4.78, 5) is 25.1. The molecule has 5 nitrogen and oxygen atoms in total. The van der Waals surface area contributed by atoms with Gasteiger partial charge in [-0.3, -0.25) is 4.79 Å². The van der Waals surface area contributed by atoms with Crippen LogP contribution < -0.4 is 0 Å². The minimum atomic E-state index is -1.02. The number of rotatable bonds is 3. The Morgan fingerprint density at radius 3 is 2.70 bits per heavy atom. The van der Waals surface area contributed by atoms with Gasteiger partial charge in [-0.15, -0.1) is 0 Å². The molecule has 1 amide bonds. The second-order valence-corrected chi connectivity index (χ2v) is 5.31. The average molecular weight is 277 g/mol. The molecule has 0 radical (unpaired) electrons. The first-order chi connectivity index (χ1) is 9.49. The topological polar surface area (TPSA) is 77.8 Å². The molecule has 0 aromatic heterocycles. The van der Waals surface area contributed by atoms with Gasteiger partial charge in [0.1, 0.15) is 0 Å². The number of amides is 1. The SMILES string of the molecule is CC1CN(C(=O)Cc2ccccc2C(=O)O)CCC1O. The molecule has 0 aliphatic carbocycles. The maximum Gasteiger partial charge on any atom is 0.335 e. The first-order valence-electron chi connectivity index (χ1n) is 6.76. The van der Waals surface area contributed by atoms with Crippen molar-refractivity contribution in [3.05, 3.63) is 35.4 Å². The van der Waals surface area contributed by atoms with Gasteiger partial charge in [0.2, 0.25) is 5.91 Å². The molecular formula is C15H19NO4. The van der Waals surface area contributed by atoms with E-state index in [-0.39, 0.29) is 29.9 Å². The van der Waals surface area contributed by atoms with Crippen molar-refractivity contribution in [1.29, 1.82) is 0 Å². The summed E-state index contributed by atoms with van der Waals surface area (Å²) in [5, 5.41) is 18.8. The van der Waals surface area contributed by atoms with Crippen molar-refractivity contribution in [2.45, 2.75) is 25.9 Å². The molecule has 0 spiro atoms. The molecule has 2 rings (SSSR count). The number of aliphatic hydroxyl groups excluding tert-OH is 1. The fraction of sp³-hybridized carbons (Fsp3) is 0.467. The third-order valence-corrected chi connectivity index (χ3v) is 3.80. The van der Waals surface area contributed by atoms with Crippen LogP contribution in [0.3, 0.4) is 0 Å². The molecule has 1 saturated heterocycles. The Hall–Kier alpha value is -1.88. The summed E-state index contributed by atoms with van der Waals surface area (Å²) in [5.41, 5.74) is 0.703. The highest BCUT2D eigenvalue weighted by Gasteiger charge is 2.27. The maximum atomic E-state index is 12.2. The summed E-state index contributed by atoms with van der Waals surface area (Å²) in [6.45, 7) is 2.96. The maximum absolute atomic E-state index is 12.2. The summed E-state index contributed by atoms with van der Waals surface area (Å²) >= 11 is 0. The van der Waals surface area contributed by atoms with E-state index in [1.54, 1.807) is 23.1 Å². The zero-order valence-electron chi connectivity index (χ0n) is 11.5. The normalized spacial score (nSPS) is 22.6. The van der Waals surface area contributed by atoms with Crippen molar-refractivity contribution in [1.82, 2.24) is 4.90 Å². The molecule has 1 aromatic rings. The van der Waals surface area contributed by atoms with Crippen LogP contribution >= 0.6 is 0 Å². The highest BCUT2D eigenvalue weighted by Crippen LogP contribution is 2.18. The average Bonchev–Trinajstić information content (AvgIpc) is 2.42. The summed E-state index contributed by atoms with van der Waals surface area (Å²) in [5.74, 6) is -1.05. The highest BCUT2D eigenvalue weighted by atomic mass is 16.4. The van der Waals surface area contributed by atoms with Crippen molar-refractivity contribution >= 4 is 11.9 Å². The zero-order chi connectivity index (χ0) is 14.7. The van der Waals surface area contributed by atoms with Gasteiger partial charge in [0.05, 0.1) is 18.1 Å². The van der Waals surface area contributed by atoms with Crippen LogP contribution in [0.5, 0.6) is 0 Å². The molecule has 1 aliphatic rings. The minimum absolute atomic E-state index is 0.0578. The zero-order valence-corrected chi connectivity index (χ0v) is 11.5. The second kappa shape index (κ2) is 6.05. The Balaban J connectivity index is 2.07. The Kier molecular flexibility index (Phi) is 4.39. The largest absolute Gasteiger partial charge is 0.478 e. The van der Waals surface area contributed by atoms with E-state index in [4.69, 9.17) is 5.11 Å². The number of piperidine rings is 1. The summed E-state index contributed by atoms with van der Waals surface area (Å²) in [6, 6.07) is 6.56. The predicted octanol–water partition coefficient (Wildman–Crippen LogP) is 1.16. The lowest BCUT2D eigenvalue weighted by Crippen LogP contribution is -2.45. The number of nitrogens with zero attached hydrogens (tertiary/aromatic N) is 1. The van der Waals surface area contributed by atoms with Crippen molar-refractivity contribution in [2.24, 2.45) is 5.92 Å². The van der Waals surface area contributed by atoms with E-state index in [2.05, 4.69) is 0 Å². The number of carbonyl (C=O) groups excluding carboxylic acids is 1. The van der Waals surface area contributed by atoms with E-state index in [9.17, 15) is 14.7 Å². The van der Waals surface area contributed by atoms with Gasteiger partial charge in [-0.25, -0.2) is 4.79 Å². The van der Waals surface area contributed by atoms with Gasteiger partial charge in [0.25, 0.3) is 0 Å². The van der Waals surface area contributed by atoms with Gasteiger partial charge < -0.3 is 15.1 Å². The van der Waals surface area contributed by atoms with Crippen LogP contribution in [-0.4, -0.2) is 46.2 Å². The van der Waals surface area contributed by atoms with Crippen molar-refractivity contribution in [2.75, 3.05) is 13.1 Å². The summed E-state index contributed by atoms with van der Waals surface area (Å²) in [6.07, 6.45) is 0.309. The molecule has 1 aliphatic heterocycles. The Morgan fingerprint density at radius 2 is 2.05 bits per heavy atom. The molecule has 108 valence electrons. The van der Waals surface area contributed by atoms with E-state index < -0.39 is 5.97 Å². The third kappa shape index (κ3) is 3.17. The number of hydrogen-bond donors (Lipinski definition) is 2. The molecule has 20 heavy (non-hydrogen) atoms. The van der Waals surface area contributed by atoms with E-state index in [0.29, 0.717) is 25.1 Å². The van der Waals surface area contributed by atoms with Gasteiger partial charge in [-0.1, -0.05) is 25.1 Å². The van der Waals surface area contributed by atoms with Crippen molar-refractivity contribution in [3.8, 4) is 0 Å². The Labute approximate surface area is 117 Å². The fourth-order valence-corrected chi connectivity index (χ4v) is 2.52. The number of carboxylic acid groups (broad SMARTS) is 1. The van der Waals surface area contributed by atoms with Crippen LogP contribution in [0.2, 0.25) is 0 Å². The Morgan fingerprint density at radius 1 is 1.35 bits per heavy atom. The van der Waals surface area contributed by atoms with Crippen LogP contribution in [-0.2, 0) is 11.2 Å². The van der Waals surface area contributed by atoms with Crippen LogP contribution in [0, 0.1) is 5.92 Å². The molecular weight excluding hydrogens is 258 g/mol. The van der Waals surface area contributed by atoms with E-state index in [0.717, 1.165) is 0 Å². The second-order valence-electron chi connectivity index (χ2n) is 5.31. The first-order valence-corrected chi connectivity index (χ1v) is 6.76. The number of aliphatic hydroxyl groups is 1. The van der Waals surface area contributed by atoms with Gasteiger partial charge in [-0.2, -0.15) is 0 Å². The van der Waals surface area contributed by atoms with Crippen LogP contribution in [0.15, 0.2) is 24.3 Å². The van der Waals surface area contributed by atoms with Crippen LogP contribution in [0.4, 0.5) is 0 Å². The summed E-state index contributed by atoms with van der Waals surface area (Å²) in [7, 11) is 0. The standard InChI is InChI=1S/C15H19NO4/c1-10-9-16(7-6-13(10)17)14(18)8-11-4-2-3-5-12(11)15(19)20/h2-5,10,13,17H,6-9H2,1H3,(H,19,20). The third-order valence-electron chi connectivity index (χ3n) is 3.80. The first kappa shape index (κ1) is 14.5. The van der Waals surface area contributed by atoms with Gasteiger partial charge in [-0.05, 0) is 24.0 Å². The highest BCUT2D eigenvalue weighted by molar-refractivity contribution is 5.91.